The van der Waals surface area contributed by atoms with Gasteiger partial charge in [-0.05, 0) is 79.0 Å². The predicted octanol–water partition coefficient (Wildman–Crippen LogP) is 6.16. The van der Waals surface area contributed by atoms with Gasteiger partial charge in [0, 0.05) is 12.5 Å². The Balaban J connectivity index is 2.39. The van der Waals surface area contributed by atoms with Crippen molar-refractivity contribution in [3.63, 3.8) is 0 Å². The second-order valence-corrected chi connectivity index (χ2v) is 12.0. The summed E-state index contributed by atoms with van der Waals surface area (Å²) in [6.45, 7) is 13.1. The van der Waals surface area contributed by atoms with Gasteiger partial charge in [0.25, 0.3) is 0 Å². The molecule has 1 heterocycles. The van der Waals surface area contributed by atoms with Crippen molar-refractivity contribution in [1.82, 2.24) is 4.90 Å². The zero-order valence-electron chi connectivity index (χ0n) is 25.0. The van der Waals surface area contributed by atoms with Crippen LogP contribution in [0, 0.1) is 5.92 Å². The molecule has 0 saturated carbocycles. The third kappa shape index (κ3) is 10.8. The molecule has 0 N–H and O–H groups in total. The molecule has 1 aliphatic rings. The van der Waals surface area contributed by atoms with Gasteiger partial charge in [-0.3, -0.25) is 0 Å². The van der Waals surface area contributed by atoms with E-state index in [-0.39, 0.29) is 13.0 Å². The molecular weight excluding hydrogens is 547 g/mol. The fourth-order valence-corrected chi connectivity index (χ4v) is 4.17. The molecule has 2 rings (SSSR count). The minimum Gasteiger partial charge on any atom is -0.458 e. The van der Waals surface area contributed by atoms with Crippen LogP contribution in [0.5, 0.6) is 0 Å². The van der Waals surface area contributed by atoms with Gasteiger partial charge in [0.2, 0.25) is 0 Å². The van der Waals surface area contributed by atoms with Crippen LogP contribution in [0.25, 0.3) is 0 Å². The highest BCUT2D eigenvalue weighted by Gasteiger charge is 2.44. The number of amides is 2. The summed E-state index contributed by atoms with van der Waals surface area (Å²) in [5, 5.41) is 0. The van der Waals surface area contributed by atoms with E-state index in [1.165, 1.54) is 12.1 Å². The Labute approximate surface area is 239 Å². The molecule has 0 aliphatic carbocycles. The van der Waals surface area contributed by atoms with Gasteiger partial charge in [-0.1, -0.05) is 19.1 Å². The normalized spacial score (nSPS) is 22.6. The highest BCUT2D eigenvalue weighted by Crippen LogP contribution is 2.30. The van der Waals surface area contributed by atoms with Crippen molar-refractivity contribution in [2.24, 2.45) is 5.92 Å². The zero-order chi connectivity index (χ0) is 31.2. The first kappa shape index (κ1) is 34.3. The molecular formula is C29H42F3NO8. The van der Waals surface area contributed by atoms with Crippen LogP contribution in [0.15, 0.2) is 24.3 Å². The lowest BCUT2D eigenvalue weighted by Crippen LogP contribution is -2.54. The molecule has 0 radical (unpaired) electrons. The van der Waals surface area contributed by atoms with Crippen LogP contribution < -0.4 is 0 Å². The minimum atomic E-state index is -4.46. The summed E-state index contributed by atoms with van der Waals surface area (Å²) in [5.74, 6) is -1.36. The van der Waals surface area contributed by atoms with E-state index >= 15 is 0 Å². The second-order valence-electron chi connectivity index (χ2n) is 12.0. The number of alkyl halides is 3. The van der Waals surface area contributed by atoms with Gasteiger partial charge in [-0.15, -0.1) is 0 Å². The number of nitrogens with zero attached hydrogens (tertiary/aromatic N) is 1. The number of benzene rings is 1. The van der Waals surface area contributed by atoms with Gasteiger partial charge < -0.3 is 23.7 Å². The molecule has 2 amide bonds. The van der Waals surface area contributed by atoms with Gasteiger partial charge in [0.05, 0.1) is 24.9 Å². The number of hydrogen-bond donors (Lipinski definition) is 0. The monoisotopic (exact) mass is 589 g/mol. The molecule has 4 atom stereocenters. The second kappa shape index (κ2) is 13.9. The average molecular weight is 590 g/mol. The Kier molecular flexibility index (Phi) is 11.6. The summed E-state index contributed by atoms with van der Waals surface area (Å²) in [7, 11) is 0. The predicted molar refractivity (Wildman–Crippen MR) is 143 cm³/mol. The van der Waals surface area contributed by atoms with Gasteiger partial charge in [-0.2, -0.15) is 18.1 Å². The van der Waals surface area contributed by atoms with Gasteiger partial charge in [-0.25, -0.2) is 14.4 Å². The van der Waals surface area contributed by atoms with Crippen LogP contribution in [0.2, 0.25) is 0 Å². The lowest BCUT2D eigenvalue weighted by atomic mass is 9.91. The van der Waals surface area contributed by atoms with Crippen molar-refractivity contribution in [3.05, 3.63) is 35.4 Å². The van der Waals surface area contributed by atoms with Crippen molar-refractivity contribution in [1.29, 1.82) is 0 Å². The highest BCUT2D eigenvalue weighted by molar-refractivity contribution is 5.94. The van der Waals surface area contributed by atoms with Gasteiger partial charge in [0.1, 0.15) is 17.3 Å². The third-order valence-corrected chi connectivity index (χ3v) is 5.89. The van der Waals surface area contributed by atoms with E-state index in [9.17, 15) is 27.6 Å². The molecule has 1 saturated heterocycles. The van der Waals surface area contributed by atoms with Crippen molar-refractivity contribution in [2.75, 3.05) is 19.8 Å². The summed E-state index contributed by atoms with van der Waals surface area (Å²) in [4.78, 5) is 40.2. The van der Waals surface area contributed by atoms with Crippen molar-refractivity contribution < 1.29 is 51.2 Å². The Morgan fingerprint density at radius 3 is 1.95 bits per heavy atom. The van der Waals surface area contributed by atoms with E-state index in [2.05, 4.69) is 0 Å². The molecule has 1 aromatic rings. The van der Waals surface area contributed by atoms with Crippen LogP contribution in [0.3, 0.4) is 0 Å². The van der Waals surface area contributed by atoms with E-state index in [0.717, 1.165) is 12.1 Å². The number of hydrogen-bond acceptors (Lipinski definition) is 8. The summed E-state index contributed by atoms with van der Waals surface area (Å²) in [5.41, 5.74) is -2.13. The van der Waals surface area contributed by atoms with Crippen LogP contribution in [-0.4, -0.2) is 72.3 Å². The van der Waals surface area contributed by atoms with Crippen LogP contribution >= 0.6 is 0 Å². The lowest BCUT2D eigenvalue weighted by molar-refractivity contribution is -0.163. The van der Waals surface area contributed by atoms with Crippen molar-refractivity contribution >= 4 is 18.2 Å². The van der Waals surface area contributed by atoms with Crippen LogP contribution in [0.4, 0.5) is 22.8 Å². The maximum atomic E-state index is 13.4. The average Bonchev–Trinajstić information content (AvgIpc) is 2.85. The summed E-state index contributed by atoms with van der Waals surface area (Å²) < 4.78 is 67.6. The molecule has 41 heavy (non-hydrogen) atoms. The van der Waals surface area contributed by atoms with Crippen LogP contribution in [0.1, 0.15) is 72.9 Å². The Morgan fingerprint density at radius 1 is 0.951 bits per heavy atom. The molecule has 12 heteroatoms. The number of rotatable bonds is 6. The van der Waals surface area contributed by atoms with E-state index in [1.54, 1.807) is 48.5 Å². The van der Waals surface area contributed by atoms with E-state index < -0.39 is 71.9 Å². The molecule has 0 aromatic heterocycles. The fraction of sp³-hybridized carbons (Fsp3) is 0.690. The maximum Gasteiger partial charge on any atom is 0.420 e. The molecule has 1 aromatic carbocycles. The number of carbonyl (C=O) groups excluding carboxylic acids is 3. The number of esters is 1. The number of imide groups is 1. The molecule has 0 bridgehead atoms. The third-order valence-electron chi connectivity index (χ3n) is 5.89. The molecule has 232 valence electrons. The Bertz CT molecular complexity index is 1000. The standard InChI is InChI=1S/C29H42F3NO8/c1-9-14-38-23-18(2)39-24(34)22(33(25(35)40-27(3,4)5)26(36)41-28(6,7)8)17-37-16-20(23)15-19-10-12-21(13-11-19)29(30,31)32/h10-13,18,20,22-23H,9,14-17H2,1-8H3/t18-,20-,22-,23-/m0/s1. The van der Waals surface area contributed by atoms with Gasteiger partial charge in [0.15, 0.2) is 6.04 Å². The zero-order valence-corrected chi connectivity index (χ0v) is 25.0. The van der Waals surface area contributed by atoms with E-state index in [4.69, 9.17) is 23.7 Å². The van der Waals surface area contributed by atoms with Crippen molar-refractivity contribution in [2.45, 2.75) is 104 Å². The topological polar surface area (TPSA) is 101 Å². The van der Waals surface area contributed by atoms with E-state index in [0.29, 0.717) is 23.5 Å². The van der Waals surface area contributed by atoms with Gasteiger partial charge >= 0.3 is 24.3 Å². The molecule has 1 fully saturated rings. The number of cyclic esters (lactones) is 1. The molecule has 9 nitrogen and oxygen atoms in total. The SMILES string of the molecule is CCCO[C@@H]1[C@@H](Cc2ccc(C(F)(F)F)cc2)COC[C@H](N(C(=O)OC(C)(C)C)C(=O)OC(C)(C)C)C(=O)O[C@H]1C. The molecule has 1 aliphatic heterocycles. The Morgan fingerprint density at radius 2 is 1.49 bits per heavy atom. The molecule has 0 unspecified atom stereocenters. The maximum absolute atomic E-state index is 13.4. The fourth-order valence-electron chi connectivity index (χ4n) is 4.17. The Hall–Kier alpha value is -2.86. The number of carbonyl (C=O) groups is 3. The quantitative estimate of drug-likeness (QED) is 0.287. The van der Waals surface area contributed by atoms with E-state index in [1.807, 2.05) is 6.92 Å². The summed E-state index contributed by atoms with van der Waals surface area (Å²) in [6, 6.07) is 3.26. The summed E-state index contributed by atoms with van der Waals surface area (Å²) in [6.07, 6.45) is -7.28. The molecule has 0 spiro atoms. The first-order chi connectivity index (χ1) is 18.8. The first-order valence-electron chi connectivity index (χ1n) is 13.6. The van der Waals surface area contributed by atoms with Crippen molar-refractivity contribution in [3.8, 4) is 0 Å². The lowest BCUT2D eigenvalue weighted by Gasteiger charge is -2.32. The number of halogens is 3. The summed E-state index contributed by atoms with van der Waals surface area (Å²) >= 11 is 0. The smallest absolute Gasteiger partial charge is 0.420 e. The first-order valence-corrected chi connectivity index (χ1v) is 13.6. The highest BCUT2D eigenvalue weighted by atomic mass is 19.4. The largest absolute Gasteiger partial charge is 0.458 e. The van der Waals surface area contributed by atoms with Crippen LogP contribution in [-0.2, 0) is 41.1 Å². The minimum absolute atomic E-state index is 0.00333. The number of ether oxygens (including phenoxy) is 5.